The Morgan fingerprint density at radius 1 is 0.950 bits per heavy atom. The highest BCUT2D eigenvalue weighted by molar-refractivity contribution is 5.79. The van der Waals surface area contributed by atoms with E-state index in [0.29, 0.717) is 50.4 Å². The van der Waals surface area contributed by atoms with Crippen LogP contribution in [0.4, 0.5) is 30.7 Å². The summed E-state index contributed by atoms with van der Waals surface area (Å²) in [6.07, 6.45) is -11.0. The van der Waals surface area contributed by atoms with E-state index in [9.17, 15) is 35.5 Å². The number of halogens is 7. The lowest BCUT2D eigenvalue weighted by atomic mass is 9.83. The van der Waals surface area contributed by atoms with Crippen molar-refractivity contribution >= 4 is 5.91 Å². The number of nitrogens with zero attached hydrogens (tertiary/aromatic N) is 2. The van der Waals surface area contributed by atoms with E-state index < -0.39 is 47.4 Å². The van der Waals surface area contributed by atoms with Crippen LogP contribution in [0.3, 0.4) is 0 Å². The molecule has 2 aromatic rings. The number of carbonyl (C=O) groups is 1. The van der Waals surface area contributed by atoms with Gasteiger partial charge in [0.05, 0.1) is 36.5 Å². The largest absolute Gasteiger partial charge is 0.416 e. The molecule has 5 atom stereocenters. The molecule has 218 valence electrons. The molecule has 3 aliphatic heterocycles. The van der Waals surface area contributed by atoms with Crippen LogP contribution in [0.2, 0.25) is 0 Å². The van der Waals surface area contributed by atoms with Crippen LogP contribution < -0.4 is 0 Å². The molecule has 0 aromatic heterocycles. The van der Waals surface area contributed by atoms with Crippen LogP contribution in [-0.2, 0) is 26.6 Å². The summed E-state index contributed by atoms with van der Waals surface area (Å²) in [6.45, 7) is 3.99. The second kappa shape index (κ2) is 10.9. The molecule has 2 aromatic carbocycles. The van der Waals surface area contributed by atoms with Gasteiger partial charge < -0.3 is 14.4 Å². The monoisotopic (exact) mass is 574 g/mol. The van der Waals surface area contributed by atoms with E-state index in [-0.39, 0.29) is 42.6 Å². The van der Waals surface area contributed by atoms with Crippen LogP contribution in [0.1, 0.15) is 54.0 Å². The average molecular weight is 575 g/mol. The molecule has 1 amide bonds. The molecule has 3 saturated heterocycles. The van der Waals surface area contributed by atoms with Crippen LogP contribution in [0, 0.1) is 5.82 Å². The number of amides is 1. The van der Waals surface area contributed by atoms with Crippen molar-refractivity contribution in [2.24, 2.45) is 0 Å². The van der Waals surface area contributed by atoms with Crippen molar-refractivity contribution in [1.82, 2.24) is 9.80 Å². The Balaban J connectivity index is 1.46. The number of morpholine rings is 1. The molecular formula is C28H29F7N2O3. The third-order valence-corrected chi connectivity index (χ3v) is 8.11. The van der Waals surface area contributed by atoms with Crippen LogP contribution >= 0.6 is 0 Å². The van der Waals surface area contributed by atoms with Crippen molar-refractivity contribution < 1.29 is 45.0 Å². The molecule has 5 nitrogen and oxygen atoms in total. The van der Waals surface area contributed by atoms with Gasteiger partial charge in [0.1, 0.15) is 5.82 Å². The lowest BCUT2D eigenvalue weighted by molar-refractivity contribution is -0.143. The van der Waals surface area contributed by atoms with E-state index in [1.807, 2.05) is 0 Å². The van der Waals surface area contributed by atoms with Gasteiger partial charge in [0.2, 0.25) is 5.91 Å². The molecule has 12 heteroatoms. The Kier molecular flexibility index (Phi) is 7.88. The predicted octanol–water partition coefficient (Wildman–Crippen LogP) is 5.80. The topological polar surface area (TPSA) is 42.0 Å². The summed E-state index contributed by atoms with van der Waals surface area (Å²) in [6, 6.07) is 6.76. The summed E-state index contributed by atoms with van der Waals surface area (Å²) in [5, 5.41) is 0. The first-order chi connectivity index (χ1) is 18.8. The zero-order valence-corrected chi connectivity index (χ0v) is 21.6. The maximum absolute atomic E-state index is 13.8. The second-order valence-corrected chi connectivity index (χ2v) is 10.6. The molecule has 3 fully saturated rings. The first-order valence-electron chi connectivity index (χ1n) is 13.1. The molecule has 3 unspecified atom stereocenters. The van der Waals surface area contributed by atoms with Crippen LogP contribution in [0.5, 0.6) is 0 Å². The molecule has 0 aliphatic carbocycles. The van der Waals surface area contributed by atoms with Gasteiger partial charge in [-0.25, -0.2) is 4.39 Å². The van der Waals surface area contributed by atoms with E-state index in [0.717, 1.165) is 0 Å². The molecule has 0 N–H and O–H groups in total. The highest BCUT2D eigenvalue weighted by Crippen LogP contribution is 2.44. The summed E-state index contributed by atoms with van der Waals surface area (Å²) < 4.78 is 106. The number of hydrogen-bond acceptors (Lipinski definition) is 4. The standard InChI is InChI=1S/C28H29F7N2O3/c1-16(18-10-19(27(30,31)32)12-20(11-18)28(33,34)35)40-24-15-37-23(26(24)17-2-4-21(29)5-3-17)13-22(14-25(37)38)36-6-8-39-9-7-36/h2-5,10-12,16,22-24,26H,6-9,13-15H2,1H3/t16-,22?,23?,24+,26?/m1/s1. The third kappa shape index (κ3) is 5.99. The second-order valence-electron chi connectivity index (χ2n) is 10.6. The third-order valence-electron chi connectivity index (χ3n) is 8.11. The molecular weight excluding hydrogens is 545 g/mol. The normalized spacial score (nSPS) is 27.1. The number of hydrogen-bond donors (Lipinski definition) is 0. The van der Waals surface area contributed by atoms with Gasteiger partial charge >= 0.3 is 12.4 Å². The molecule has 0 radical (unpaired) electrons. The van der Waals surface area contributed by atoms with Gasteiger partial charge in [0, 0.05) is 44.1 Å². The van der Waals surface area contributed by atoms with E-state index in [2.05, 4.69) is 4.90 Å². The van der Waals surface area contributed by atoms with E-state index in [4.69, 9.17) is 9.47 Å². The Morgan fingerprint density at radius 3 is 2.12 bits per heavy atom. The first kappa shape index (κ1) is 28.8. The van der Waals surface area contributed by atoms with Crippen molar-refractivity contribution in [2.75, 3.05) is 32.8 Å². The van der Waals surface area contributed by atoms with Crippen molar-refractivity contribution in [1.29, 1.82) is 0 Å². The quantitative estimate of drug-likeness (QED) is 0.424. The predicted molar refractivity (Wildman–Crippen MR) is 130 cm³/mol. The SMILES string of the molecule is C[C@@H](O[C@H]1CN2C(=O)CC(N3CCOCC3)CC2C1c1ccc(F)cc1)c1cc(C(F)(F)F)cc(C(F)(F)F)c1. The number of carbonyl (C=O) groups excluding carboxylic acids is 1. The van der Waals surface area contributed by atoms with Gasteiger partial charge in [-0.3, -0.25) is 9.69 Å². The summed E-state index contributed by atoms with van der Waals surface area (Å²) in [7, 11) is 0. The molecule has 3 aliphatic rings. The Hall–Kier alpha value is -2.70. The van der Waals surface area contributed by atoms with Crippen LogP contribution in [-0.4, -0.2) is 66.7 Å². The number of ether oxygens (including phenoxy) is 2. The smallest absolute Gasteiger partial charge is 0.379 e. The van der Waals surface area contributed by atoms with Crippen LogP contribution in [0.25, 0.3) is 0 Å². The highest BCUT2D eigenvalue weighted by Gasteiger charge is 2.50. The summed E-state index contributed by atoms with van der Waals surface area (Å²) >= 11 is 0. The highest BCUT2D eigenvalue weighted by atomic mass is 19.4. The number of alkyl halides is 6. The van der Waals surface area contributed by atoms with E-state index in [1.165, 1.54) is 19.1 Å². The molecule has 40 heavy (non-hydrogen) atoms. The minimum Gasteiger partial charge on any atom is -0.379 e. The summed E-state index contributed by atoms with van der Waals surface area (Å²) in [5.74, 6) is -1.01. The Bertz CT molecular complexity index is 1180. The average Bonchev–Trinajstić information content (AvgIpc) is 3.26. The van der Waals surface area contributed by atoms with Crippen molar-refractivity contribution in [3.63, 3.8) is 0 Å². The fraction of sp³-hybridized carbons (Fsp3) is 0.536. The van der Waals surface area contributed by atoms with Gasteiger partial charge in [0.25, 0.3) is 0 Å². The molecule has 0 spiro atoms. The zero-order chi connectivity index (χ0) is 28.8. The van der Waals surface area contributed by atoms with Gasteiger partial charge in [-0.05, 0) is 54.8 Å². The molecule has 0 saturated carbocycles. The molecule has 0 bridgehead atoms. The fourth-order valence-electron chi connectivity index (χ4n) is 6.15. The van der Waals surface area contributed by atoms with E-state index in [1.54, 1.807) is 17.0 Å². The number of rotatable bonds is 5. The summed E-state index contributed by atoms with van der Waals surface area (Å²) in [5.41, 5.74) is -2.44. The maximum Gasteiger partial charge on any atom is 0.416 e. The van der Waals surface area contributed by atoms with Gasteiger partial charge in [0.15, 0.2) is 0 Å². The van der Waals surface area contributed by atoms with Crippen molar-refractivity contribution in [3.8, 4) is 0 Å². The fourth-order valence-corrected chi connectivity index (χ4v) is 6.15. The van der Waals surface area contributed by atoms with Gasteiger partial charge in [-0.1, -0.05) is 12.1 Å². The minimum absolute atomic E-state index is 0.0467. The molecule has 5 rings (SSSR count). The Labute approximate surface area is 226 Å². The van der Waals surface area contributed by atoms with Crippen molar-refractivity contribution in [3.05, 3.63) is 70.5 Å². The van der Waals surface area contributed by atoms with Gasteiger partial charge in [-0.15, -0.1) is 0 Å². The minimum atomic E-state index is -4.98. The van der Waals surface area contributed by atoms with Crippen LogP contribution in [0.15, 0.2) is 42.5 Å². The number of benzene rings is 2. The zero-order valence-electron chi connectivity index (χ0n) is 21.6. The molecule has 3 heterocycles. The van der Waals surface area contributed by atoms with Gasteiger partial charge in [-0.2, -0.15) is 26.3 Å². The Morgan fingerprint density at radius 2 is 1.55 bits per heavy atom. The number of piperidine rings is 1. The first-order valence-corrected chi connectivity index (χ1v) is 13.1. The lowest BCUT2D eigenvalue weighted by Gasteiger charge is -2.42. The van der Waals surface area contributed by atoms with Crippen molar-refractivity contribution in [2.45, 2.75) is 62.3 Å². The van der Waals surface area contributed by atoms with E-state index >= 15 is 0 Å². The lowest BCUT2D eigenvalue weighted by Crippen LogP contribution is -2.53. The summed E-state index contributed by atoms with van der Waals surface area (Å²) in [4.78, 5) is 17.2. The number of fused-ring (bicyclic) bond motifs is 1. The maximum atomic E-state index is 13.8.